The average molecular weight is 387 g/mol. The molecular weight excluding hydrogens is 376 g/mol. The molecule has 1 heterocycles. The number of benzene rings is 2. The van der Waals surface area contributed by atoms with E-state index >= 15 is 0 Å². The molecule has 27 heavy (non-hydrogen) atoms. The number of hydrogen-bond donors (Lipinski definition) is 0. The lowest BCUT2D eigenvalue weighted by atomic mass is 10.1. The standard InChI is InChI=1S/C17H11ClN4O5/c1-10-2-3-11(9-15(10)22(25)26)8-14(18)17-20-19-16(27-17)12-4-6-13(7-5-12)21(23)24/h2-9H,1H3/b14-8-. The second-order valence-corrected chi connectivity index (χ2v) is 5.92. The van der Waals surface area contributed by atoms with E-state index in [1.54, 1.807) is 19.1 Å². The van der Waals surface area contributed by atoms with Crippen LogP contribution in [0.3, 0.4) is 0 Å². The van der Waals surface area contributed by atoms with Crippen LogP contribution in [0.25, 0.3) is 22.6 Å². The molecule has 0 saturated carbocycles. The second-order valence-electron chi connectivity index (χ2n) is 5.51. The number of hydrogen-bond acceptors (Lipinski definition) is 7. The lowest BCUT2D eigenvalue weighted by Gasteiger charge is -1.99. The highest BCUT2D eigenvalue weighted by atomic mass is 35.5. The number of nitro groups is 2. The highest BCUT2D eigenvalue weighted by Crippen LogP contribution is 2.28. The Morgan fingerprint density at radius 2 is 1.78 bits per heavy atom. The van der Waals surface area contributed by atoms with Gasteiger partial charge in [0.1, 0.15) is 5.03 Å². The third-order valence-electron chi connectivity index (χ3n) is 3.68. The molecule has 0 unspecified atom stereocenters. The number of non-ortho nitro benzene ring substituents is 1. The summed E-state index contributed by atoms with van der Waals surface area (Å²) in [7, 11) is 0. The van der Waals surface area contributed by atoms with Crippen LogP contribution in [0.2, 0.25) is 0 Å². The van der Waals surface area contributed by atoms with Crippen LogP contribution in [0.15, 0.2) is 46.9 Å². The molecule has 0 atom stereocenters. The highest BCUT2D eigenvalue weighted by molar-refractivity contribution is 6.50. The fourth-order valence-corrected chi connectivity index (χ4v) is 2.49. The third-order valence-corrected chi connectivity index (χ3v) is 3.95. The maximum absolute atomic E-state index is 11.0. The molecular formula is C17H11ClN4O5. The molecule has 0 bridgehead atoms. The van der Waals surface area contributed by atoms with E-state index in [9.17, 15) is 20.2 Å². The summed E-state index contributed by atoms with van der Waals surface area (Å²) in [5, 5.41) is 29.5. The van der Waals surface area contributed by atoms with E-state index < -0.39 is 9.85 Å². The smallest absolute Gasteiger partial charge is 0.272 e. The van der Waals surface area contributed by atoms with Gasteiger partial charge in [-0.05, 0) is 30.7 Å². The minimum atomic E-state index is -0.511. The molecule has 0 aliphatic rings. The summed E-state index contributed by atoms with van der Waals surface area (Å²) in [6.07, 6.45) is 1.47. The van der Waals surface area contributed by atoms with Crippen molar-refractivity contribution < 1.29 is 14.3 Å². The predicted octanol–water partition coefficient (Wildman–Crippen LogP) is 4.60. The van der Waals surface area contributed by atoms with Gasteiger partial charge in [0.25, 0.3) is 17.3 Å². The van der Waals surface area contributed by atoms with E-state index in [4.69, 9.17) is 16.0 Å². The molecule has 3 aromatic rings. The Balaban J connectivity index is 1.87. The molecule has 0 aliphatic heterocycles. The zero-order valence-electron chi connectivity index (χ0n) is 13.8. The normalized spacial score (nSPS) is 11.4. The zero-order valence-corrected chi connectivity index (χ0v) is 14.6. The van der Waals surface area contributed by atoms with Gasteiger partial charge in [-0.15, -0.1) is 10.2 Å². The maximum Gasteiger partial charge on any atom is 0.272 e. The van der Waals surface area contributed by atoms with E-state index in [0.29, 0.717) is 16.7 Å². The maximum atomic E-state index is 11.0. The molecule has 0 fully saturated rings. The molecule has 136 valence electrons. The predicted molar refractivity (Wildman–Crippen MR) is 97.9 cm³/mol. The first-order valence-corrected chi connectivity index (χ1v) is 7.94. The van der Waals surface area contributed by atoms with Gasteiger partial charge in [0, 0.05) is 29.3 Å². The molecule has 10 heteroatoms. The van der Waals surface area contributed by atoms with Crippen molar-refractivity contribution in [3.05, 3.63) is 79.7 Å². The second kappa shape index (κ2) is 7.34. The van der Waals surface area contributed by atoms with Gasteiger partial charge in [-0.25, -0.2) is 0 Å². The van der Waals surface area contributed by atoms with Crippen LogP contribution < -0.4 is 0 Å². The first-order chi connectivity index (χ1) is 12.8. The fourth-order valence-electron chi connectivity index (χ4n) is 2.28. The van der Waals surface area contributed by atoms with Gasteiger partial charge in [0.15, 0.2) is 0 Å². The van der Waals surface area contributed by atoms with Gasteiger partial charge in [-0.1, -0.05) is 23.7 Å². The van der Waals surface area contributed by atoms with Gasteiger partial charge in [0.05, 0.1) is 9.85 Å². The van der Waals surface area contributed by atoms with Crippen LogP contribution in [-0.2, 0) is 0 Å². The molecule has 0 spiro atoms. The highest BCUT2D eigenvalue weighted by Gasteiger charge is 2.14. The van der Waals surface area contributed by atoms with Crippen molar-refractivity contribution in [2.75, 3.05) is 0 Å². The van der Waals surface area contributed by atoms with Crippen LogP contribution in [0.1, 0.15) is 17.0 Å². The van der Waals surface area contributed by atoms with Gasteiger partial charge in [0.2, 0.25) is 5.89 Å². The Labute approximate surface area is 157 Å². The van der Waals surface area contributed by atoms with Crippen LogP contribution >= 0.6 is 11.6 Å². The lowest BCUT2D eigenvalue weighted by Crippen LogP contribution is -1.92. The first kappa shape index (κ1) is 18.2. The first-order valence-electron chi connectivity index (χ1n) is 7.56. The monoisotopic (exact) mass is 386 g/mol. The Hall–Kier alpha value is -3.59. The summed E-state index contributed by atoms with van der Waals surface area (Å²) in [5.41, 5.74) is 1.45. The summed E-state index contributed by atoms with van der Waals surface area (Å²) < 4.78 is 5.48. The van der Waals surface area contributed by atoms with Crippen LogP contribution in [-0.4, -0.2) is 20.0 Å². The minimum absolute atomic E-state index is 0.0215. The average Bonchev–Trinajstić information content (AvgIpc) is 3.13. The topological polar surface area (TPSA) is 125 Å². The van der Waals surface area contributed by atoms with Crippen molar-refractivity contribution in [2.24, 2.45) is 0 Å². The molecule has 0 saturated heterocycles. The number of nitrogens with zero attached hydrogens (tertiary/aromatic N) is 4. The Bertz CT molecular complexity index is 1060. The minimum Gasteiger partial charge on any atom is -0.415 e. The molecule has 2 aromatic carbocycles. The van der Waals surface area contributed by atoms with Crippen LogP contribution in [0.4, 0.5) is 11.4 Å². The Kier molecular flexibility index (Phi) is 4.95. The van der Waals surface area contributed by atoms with E-state index in [2.05, 4.69) is 10.2 Å². The largest absolute Gasteiger partial charge is 0.415 e. The van der Waals surface area contributed by atoms with E-state index in [0.717, 1.165) is 0 Å². The van der Waals surface area contributed by atoms with Crippen molar-refractivity contribution in [2.45, 2.75) is 6.92 Å². The lowest BCUT2D eigenvalue weighted by molar-refractivity contribution is -0.385. The van der Waals surface area contributed by atoms with Crippen LogP contribution in [0, 0.1) is 27.2 Å². The number of rotatable bonds is 5. The van der Waals surface area contributed by atoms with Gasteiger partial charge < -0.3 is 4.42 Å². The summed E-state index contributed by atoms with van der Waals surface area (Å²) in [6, 6.07) is 10.3. The molecule has 0 amide bonds. The summed E-state index contributed by atoms with van der Waals surface area (Å²) in [6.45, 7) is 1.64. The molecule has 9 nitrogen and oxygen atoms in total. The third kappa shape index (κ3) is 3.98. The van der Waals surface area contributed by atoms with Gasteiger partial charge >= 0.3 is 0 Å². The summed E-state index contributed by atoms with van der Waals surface area (Å²) in [4.78, 5) is 20.7. The molecule has 0 N–H and O–H groups in total. The molecule has 0 radical (unpaired) electrons. The van der Waals surface area contributed by atoms with E-state index in [-0.39, 0.29) is 28.2 Å². The van der Waals surface area contributed by atoms with E-state index in [1.165, 1.54) is 36.4 Å². The number of nitro benzene ring substituents is 2. The molecule has 3 rings (SSSR count). The van der Waals surface area contributed by atoms with Crippen molar-refractivity contribution in [1.29, 1.82) is 0 Å². The number of halogens is 1. The summed E-state index contributed by atoms with van der Waals surface area (Å²) >= 11 is 6.19. The van der Waals surface area contributed by atoms with Gasteiger partial charge in [-0.3, -0.25) is 20.2 Å². The van der Waals surface area contributed by atoms with Crippen molar-refractivity contribution >= 4 is 34.1 Å². The number of aromatic nitrogens is 2. The van der Waals surface area contributed by atoms with Gasteiger partial charge in [-0.2, -0.15) is 0 Å². The SMILES string of the molecule is Cc1ccc(/C=C(\Cl)c2nnc(-c3ccc([N+](=O)[O-])cc3)o2)cc1[N+](=O)[O-]. The Morgan fingerprint density at radius 1 is 1.07 bits per heavy atom. The van der Waals surface area contributed by atoms with Crippen molar-refractivity contribution in [3.63, 3.8) is 0 Å². The fraction of sp³-hybridized carbons (Fsp3) is 0.0588. The van der Waals surface area contributed by atoms with Crippen molar-refractivity contribution in [1.82, 2.24) is 10.2 Å². The van der Waals surface area contributed by atoms with Crippen molar-refractivity contribution in [3.8, 4) is 11.5 Å². The molecule has 1 aromatic heterocycles. The summed E-state index contributed by atoms with van der Waals surface area (Å²) in [5.74, 6) is 0.162. The zero-order chi connectivity index (χ0) is 19.6. The van der Waals surface area contributed by atoms with Crippen LogP contribution in [0.5, 0.6) is 0 Å². The molecule has 0 aliphatic carbocycles. The van der Waals surface area contributed by atoms with E-state index in [1.807, 2.05) is 0 Å². The Morgan fingerprint density at radius 3 is 2.41 bits per heavy atom. The number of aryl methyl sites for hydroxylation is 1. The quantitative estimate of drug-likeness (QED) is 0.463.